The molecule has 3 aromatic rings. The Morgan fingerprint density at radius 2 is 2.04 bits per heavy atom. The van der Waals surface area contributed by atoms with Crippen LogP contribution < -0.4 is 10.2 Å². The number of carbonyl (C=O) groups excluding carboxylic acids is 1. The second-order valence-electron chi connectivity index (χ2n) is 6.43. The Balaban J connectivity index is 2.13. The van der Waals surface area contributed by atoms with Gasteiger partial charge >= 0.3 is 6.09 Å². The molecule has 1 aromatic heterocycles. The lowest BCUT2D eigenvalue weighted by molar-refractivity contribution is 0.0332. The molecule has 2 radical (unpaired) electrons. The number of carbonyl (C=O) groups is 1. The van der Waals surface area contributed by atoms with E-state index >= 15 is 0 Å². The molecule has 0 aliphatic carbocycles. The standard InChI is InChI=1S/C18H14BFN2O3/c1-18(2)12-7-10(24-3)8-14-15(12)22(17(23)25-18)16(21-14)11-6-9(19)4-5-13(11)20/h4-8H,1-3H3. The molecule has 124 valence electrons. The molecule has 0 spiro atoms. The molecule has 1 aliphatic rings. The Kier molecular flexibility index (Phi) is 3.19. The van der Waals surface area contributed by atoms with Gasteiger partial charge in [0.1, 0.15) is 25.0 Å². The molecule has 7 heteroatoms. The van der Waals surface area contributed by atoms with Crippen molar-refractivity contribution < 1.29 is 18.7 Å². The Bertz CT molecular complexity index is 1040. The Morgan fingerprint density at radius 3 is 2.76 bits per heavy atom. The van der Waals surface area contributed by atoms with Crippen LogP contribution in [0.3, 0.4) is 0 Å². The predicted molar refractivity (Wildman–Crippen MR) is 92.0 cm³/mol. The molecule has 0 atom stereocenters. The summed E-state index contributed by atoms with van der Waals surface area (Å²) in [4.78, 5) is 17.1. The summed E-state index contributed by atoms with van der Waals surface area (Å²) in [6, 6.07) is 7.65. The molecule has 2 aromatic carbocycles. The third-order valence-corrected chi connectivity index (χ3v) is 4.37. The maximum absolute atomic E-state index is 14.4. The zero-order valence-electron chi connectivity index (χ0n) is 14.0. The second-order valence-corrected chi connectivity index (χ2v) is 6.43. The summed E-state index contributed by atoms with van der Waals surface area (Å²) < 4.78 is 26.5. The fourth-order valence-corrected chi connectivity index (χ4v) is 3.15. The third kappa shape index (κ3) is 2.22. The summed E-state index contributed by atoms with van der Waals surface area (Å²) in [6.07, 6.45) is -0.609. The van der Waals surface area contributed by atoms with Crippen LogP contribution in [0, 0.1) is 5.82 Å². The van der Waals surface area contributed by atoms with Gasteiger partial charge in [0, 0.05) is 11.6 Å². The molecule has 0 unspecified atom stereocenters. The average Bonchev–Trinajstić information content (AvgIpc) is 2.93. The molecule has 0 bridgehead atoms. The maximum atomic E-state index is 14.4. The molecule has 0 fully saturated rings. The highest BCUT2D eigenvalue weighted by molar-refractivity contribution is 6.32. The van der Waals surface area contributed by atoms with Crippen LogP contribution in [-0.2, 0) is 10.3 Å². The fraction of sp³-hybridized carbons (Fsp3) is 0.222. The van der Waals surface area contributed by atoms with Gasteiger partial charge in [0.2, 0.25) is 0 Å². The number of hydrogen-bond donors (Lipinski definition) is 0. The third-order valence-electron chi connectivity index (χ3n) is 4.37. The predicted octanol–water partition coefficient (Wildman–Crippen LogP) is 2.88. The van der Waals surface area contributed by atoms with E-state index in [9.17, 15) is 9.18 Å². The molecule has 25 heavy (non-hydrogen) atoms. The fourth-order valence-electron chi connectivity index (χ4n) is 3.15. The number of hydrogen-bond acceptors (Lipinski definition) is 4. The summed E-state index contributed by atoms with van der Waals surface area (Å²) in [7, 11) is 7.32. The largest absolute Gasteiger partial charge is 0.497 e. The maximum Gasteiger partial charge on any atom is 0.421 e. The first kappa shape index (κ1) is 15.7. The van der Waals surface area contributed by atoms with Crippen LogP contribution in [0.15, 0.2) is 30.3 Å². The summed E-state index contributed by atoms with van der Waals surface area (Å²) in [5.74, 6) is 0.208. The lowest BCUT2D eigenvalue weighted by atomic mass is 9.94. The van der Waals surface area contributed by atoms with E-state index in [4.69, 9.17) is 17.3 Å². The Morgan fingerprint density at radius 1 is 1.28 bits per heavy atom. The van der Waals surface area contributed by atoms with E-state index in [0.29, 0.717) is 22.2 Å². The molecule has 5 nitrogen and oxygen atoms in total. The van der Waals surface area contributed by atoms with Crippen molar-refractivity contribution in [3.05, 3.63) is 41.7 Å². The van der Waals surface area contributed by atoms with E-state index in [1.54, 1.807) is 33.1 Å². The molecular weight excluding hydrogens is 322 g/mol. The van der Waals surface area contributed by atoms with Crippen molar-refractivity contribution in [3.8, 4) is 17.1 Å². The second kappa shape index (κ2) is 5.08. The van der Waals surface area contributed by atoms with Crippen LogP contribution in [0.25, 0.3) is 22.4 Å². The number of methoxy groups -OCH3 is 1. The van der Waals surface area contributed by atoms with Gasteiger partial charge in [-0.2, -0.15) is 0 Å². The number of aromatic nitrogens is 2. The first-order valence-corrected chi connectivity index (χ1v) is 7.71. The van der Waals surface area contributed by atoms with E-state index in [1.165, 1.54) is 22.8 Å². The Hall–Kier alpha value is -2.83. The number of rotatable bonds is 2. The SMILES string of the molecule is [B]c1ccc(F)c(-c2nc3cc(OC)cc4c3n2C(=O)OC4(C)C)c1. The van der Waals surface area contributed by atoms with Gasteiger partial charge in [0.15, 0.2) is 5.82 Å². The molecule has 4 rings (SSSR count). The number of halogens is 1. The molecule has 0 saturated carbocycles. The van der Waals surface area contributed by atoms with Gasteiger partial charge in [0.25, 0.3) is 0 Å². The van der Waals surface area contributed by atoms with E-state index in [0.717, 1.165) is 5.56 Å². The van der Waals surface area contributed by atoms with Crippen molar-refractivity contribution in [1.82, 2.24) is 9.55 Å². The molecular formula is C18H14BFN2O3. The minimum absolute atomic E-state index is 0.137. The number of benzene rings is 2. The van der Waals surface area contributed by atoms with Crippen LogP contribution >= 0.6 is 0 Å². The van der Waals surface area contributed by atoms with Gasteiger partial charge in [-0.15, -0.1) is 0 Å². The lowest BCUT2D eigenvalue weighted by Gasteiger charge is -2.31. The topological polar surface area (TPSA) is 53.4 Å². The van der Waals surface area contributed by atoms with Crippen molar-refractivity contribution in [1.29, 1.82) is 0 Å². The van der Waals surface area contributed by atoms with Crippen LogP contribution in [0.5, 0.6) is 5.75 Å². The minimum atomic E-state index is -0.856. The van der Waals surface area contributed by atoms with Crippen LogP contribution in [0.2, 0.25) is 0 Å². The normalized spacial score (nSPS) is 15.3. The quantitative estimate of drug-likeness (QED) is 0.676. The van der Waals surface area contributed by atoms with E-state index < -0.39 is 17.5 Å². The van der Waals surface area contributed by atoms with E-state index in [2.05, 4.69) is 4.98 Å². The summed E-state index contributed by atoms with van der Waals surface area (Å²) in [5, 5.41) is 0. The van der Waals surface area contributed by atoms with Gasteiger partial charge in [-0.3, -0.25) is 0 Å². The zero-order valence-corrected chi connectivity index (χ0v) is 14.0. The van der Waals surface area contributed by atoms with Crippen LogP contribution in [-0.4, -0.2) is 30.6 Å². The molecule has 0 amide bonds. The molecule has 0 N–H and O–H groups in total. The number of nitrogens with zero attached hydrogens (tertiary/aromatic N) is 2. The van der Waals surface area contributed by atoms with E-state index in [1.807, 2.05) is 0 Å². The van der Waals surface area contributed by atoms with Gasteiger partial charge < -0.3 is 9.47 Å². The van der Waals surface area contributed by atoms with Crippen molar-refractivity contribution >= 4 is 30.4 Å². The zero-order chi connectivity index (χ0) is 17.9. The van der Waals surface area contributed by atoms with Gasteiger partial charge in [-0.1, -0.05) is 17.6 Å². The Labute approximate surface area is 144 Å². The number of ether oxygens (including phenoxy) is 2. The first-order valence-electron chi connectivity index (χ1n) is 7.71. The molecule has 0 saturated heterocycles. The molecule has 2 heterocycles. The lowest BCUT2D eigenvalue weighted by Crippen LogP contribution is -2.34. The van der Waals surface area contributed by atoms with Crippen LogP contribution in [0.1, 0.15) is 19.4 Å². The number of cyclic esters (lactones) is 1. The summed E-state index contributed by atoms with van der Waals surface area (Å²) in [6.45, 7) is 3.58. The highest BCUT2D eigenvalue weighted by Crippen LogP contribution is 2.41. The van der Waals surface area contributed by atoms with Gasteiger partial charge in [-0.25, -0.2) is 18.7 Å². The van der Waals surface area contributed by atoms with Crippen LogP contribution in [0.4, 0.5) is 9.18 Å². The van der Waals surface area contributed by atoms with Gasteiger partial charge in [0.05, 0.1) is 23.7 Å². The van der Waals surface area contributed by atoms with Crippen molar-refractivity contribution in [2.45, 2.75) is 19.4 Å². The summed E-state index contributed by atoms with van der Waals surface area (Å²) >= 11 is 0. The highest BCUT2D eigenvalue weighted by Gasteiger charge is 2.38. The minimum Gasteiger partial charge on any atom is -0.497 e. The van der Waals surface area contributed by atoms with Crippen molar-refractivity contribution in [3.63, 3.8) is 0 Å². The monoisotopic (exact) mass is 336 g/mol. The molecule has 1 aliphatic heterocycles. The average molecular weight is 336 g/mol. The number of imidazole rings is 1. The van der Waals surface area contributed by atoms with Crippen molar-refractivity contribution in [2.24, 2.45) is 0 Å². The summed E-state index contributed by atoms with van der Waals surface area (Å²) in [5.41, 5.74) is 1.50. The highest BCUT2D eigenvalue weighted by atomic mass is 19.1. The first-order chi connectivity index (χ1) is 11.8. The van der Waals surface area contributed by atoms with Crippen molar-refractivity contribution in [2.75, 3.05) is 7.11 Å². The van der Waals surface area contributed by atoms with E-state index in [-0.39, 0.29) is 11.4 Å². The van der Waals surface area contributed by atoms with Gasteiger partial charge in [-0.05, 0) is 26.0 Å². The smallest absolute Gasteiger partial charge is 0.421 e.